The molecule has 1 fully saturated rings. The second-order valence-electron chi connectivity index (χ2n) is 7.08. The van der Waals surface area contributed by atoms with Crippen LogP contribution in [0.3, 0.4) is 0 Å². The number of morpholine rings is 1. The molecule has 8 nitrogen and oxygen atoms in total. The summed E-state index contributed by atoms with van der Waals surface area (Å²) in [7, 11) is -2.43. The van der Waals surface area contributed by atoms with Gasteiger partial charge in [0.2, 0.25) is 0 Å². The summed E-state index contributed by atoms with van der Waals surface area (Å²) in [5.74, 6) is 0.831. The van der Waals surface area contributed by atoms with Crippen molar-refractivity contribution in [2.75, 3.05) is 37.2 Å². The van der Waals surface area contributed by atoms with Crippen molar-refractivity contribution in [1.29, 1.82) is 0 Å². The van der Waals surface area contributed by atoms with Crippen LogP contribution in [0.1, 0.15) is 6.92 Å². The average Bonchev–Trinajstić information content (AvgIpc) is 3.08. The van der Waals surface area contributed by atoms with E-state index in [0.29, 0.717) is 53.7 Å². The van der Waals surface area contributed by atoms with E-state index in [1.807, 2.05) is 6.92 Å². The number of hydrogen-bond acceptors (Lipinski definition) is 7. The first-order chi connectivity index (χ1) is 13.3. The van der Waals surface area contributed by atoms with Gasteiger partial charge in [-0.3, -0.25) is 5.10 Å². The van der Waals surface area contributed by atoms with Gasteiger partial charge in [0.15, 0.2) is 11.6 Å². The molecule has 1 saturated heterocycles. The van der Waals surface area contributed by atoms with Crippen molar-refractivity contribution in [2.45, 2.75) is 13.0 Å². The first kappa shape index (κ1) is 18.8. The topological polar surface area (TPSA) is 96.4 Å². The van der Waals surface area contributed by atoms with Crippen molar-refractivity contribution in [3.05, 3.63) is 30.2 Å². The number of H-pyrrole nitrogens is 1. The Bertz CT molecular complexity index is 1150. The number of halogens is 1. The predicted octanol–water partition coefficient (Wildman–Crippen LogP) is 2.74. The van der Waals surface area contributed by atoms with Crippen molar-refractivity contribution in [1.82, 2.24) is 20.2 Å². The highest BCUT2D eigenvalue weighted by Gasteiger charge is 2.22. The van der Waals surface area contributed by atoms with E-state index in [4.69, 9.17) is 4.74 Å². The van der Waals surface area contributed by atoms with Gasteiger partial charge in [-0.1, -0.05) is 0 Å². The van der Waals surface area contributed by atoms with E-state index < -0.39 is 15.5 Å². The molecule has 0 unspecified atom stereocenters. The minimum Gasteiger partial charge on any atom is -0.377 e. The second-order valence-corrected chi connectivity index (χ2v) is 9.63. The van der Waals surface area contributed by atoms with E-state index in [-0.39, 0.29) is 6.04 Å². The standard InChI is InChI=1S/C18H21FN6O2S/c1-11-10-27-5-4-25(11)17-8-16(24-28(2,3)26)21-18(22-17)13-6-12(19)7-15-14(13)9-20-23-15/h6-9,11H,4-5,10H2,1-3H3,(H,20,23)/t11-/m1/s1. The van der Waals surface area contributed by atoms with Crippen LogP contribution in [0.5, 0.6) is 0 Å². The van der Waals surface area contributed by atoms with Gasteiger partial charge in [0.05, 0.1) is 31.0 Å². The number of benzene rings is 1. The lowest BCUT2D eigenvalue weighted by Gasteiger charge is -2.34. The molecule has 1 aliphatic rings. The van der Waals surface area contributed by atoms with Gasteiger partial charge in [-0.25, -0.2) is 18.6 Å². The van der Waals surface area contributed by atoms with Crippen LogP contribution in [0.2, 0.25) is 0 Å². The number of ether oxygens (including phenoxy) is 1. The molecule has 0 aliphatic carbocycles. The predicted molar refractivity (Wildman–Crippen MR) is 107 cm³/mol. The van der Waals surface area contributed by atoms with E-state index in [1.54, 1.807) is 24.8 Å². The number of nitrogens with one attached hydrogen (secondary N) is 1. The van der Waals surface area contributed by atoms with Crippen LogP contribution in [0.4, 0.5) is 16.0 Å². The normalized spacial score (nSPS) is 17.9. The van der Waals surface area contributed by atoms with Crippen LogP contribution in [0, 0.1) is 5.82 Å². The third-order valence-corrected chi connectivity index (χ3v) is 5.07. The summed E-state index contributed by atoms with van der Waals surface area (Å²) >= 11 is 0. The quantitative estimate of drug-likeness (QED) is 0.721. The monoisotopic (exact) mass is 404 g/mol. The molecular weight excluding hydrogens is 383 g/mol. The third-order valence-electron chi connectivity index (χ3n) is 4.44. The van der Waals surface area contributed by atoms with Crippen molar-refractivity contribution in [3.63, 3.8) is 0 Å². The zero-order valence-electron chi connectivity index (χ0n) is 15.8. The smallest absolute Gasteiger partial charge is 0.167 e. The Labute approximate surface area is 162 Å². The summed E-state index contributed by atoms with van der Waals surface area (Å²) in [4.78, 5) is 11.2. The van der Waals surface area contributed by atoms with Gasteiger partial charge >= 0.3 is 0 Å². The van der Waals surface area contributed by atoms with E-state index in [1.165, 1.54) is 12.1 Å². The van der Waals surface area contributed by atoms with Crippen LogP contribution >= 0.6 is 0 Å². The first-order valence-corrected chi connectivity index (χ1v) is 11.2. The number of anilines is 1. The number of nitrogens with zero attached hydrogens (tertiary/aromatic N) is 5. The Balaban J connectivity index is 1.93. The maximum atomic E-state index is 14.1. The van der Waals surface area contributed by atoms with Gasteiger partial charge in [-0.15, -0.1) is 0 Å². The zero-order valence-corrected chi connectivity index (χ0v) is 16.7. The van der Waals surface area contributed by atoms with Crippen molar-refractivity contribution in [3.8, 4) is 11.4 Å². The van der Waals surface area contributed by atoms with Crippen LogP contribution < -0.4 is 4.90 Å². The van der Waals surface area contributed by atoms with Crippen molar-refractivity contribution in [2.24, 2.45) is 4.36 Å². The van der Waals surface area contributed by atoms with E-state index in [9.17, 15) is 8.60 Å². The Kier molecular flexibility index (Phi) is 4.76. The highest BCUT2D eigenvalue weighted by Crippen LogP contribution is 2.31. The van der Waals surface area contributed by atoms with Gasteiger partial charge in [0.25, 0.3) is 0 Å². The summed E-state index contributed by atoms with van der Waals surface area (Å²) < 4.78 is 36.2. The Morgan fingerprint density at radius 3 is 2.89 bits per heavy atom. The van der Waals surface area contributed by atoms with E-state index in [2.05, 4.69) is 29.4 Å². The number of aromatic amines is 1. The molecule has 0 saturated carbocycles. The third kappa shape index (κ3) is 3.83. The molecule has 3 heterocycles. The molecule has 28 heavy (non-hydrogen) atoms. The molecule has 1 aromatic carbocycles. The molecule has 4 rings (SSSR count). The van der Waals surface area contributed by atoms with Crippen LogP contribution in [0.25, 0.3) is 22.3 Å². The van der Waals surface area contributed by atoms with Crippen LogP contribution in [-0.4, -0.2) is 62.7 Å². The van der Waals surface area contributed by atoms with Gasteiger partial charge in [0.1, 0.15) is 11.6 Å². The van der Waals surface area contributed by atoms with E-state index >= 15 is 0 Å². The van der Waals surface area contributed by atoms with Gasteiger partial charge in [0, 0.05) is 45.8 Å². The molecule has 1 N–H and O–H groups in total. The molecule has 0 bridgehead atoms. The highest BCUT2D eigenvalue weighted by atomic mass is 32.2. The van der Waals surface area contributed by atoms with Gasteiger partial charge in [-0.05, 0) is 19.1 Å². The number of hydrogen-bond donors (Lipinski definition) is 1. The fourth-order valence-corrected chi connectivity index (χ4v) is 3.77. The summed E-state index contributed by atoms with van der Waals surface area (Å²) in [6.07, 6.45) is 4.70. The first-order valence-electron chi connectivity index (χ1n) is 8.84. The molecule has 148 valence electrons. The highest BCUT2D eigenvalue weighted by molar-refractivity contribution is 7.92. The molecule has 0 radical (unpaired) electrons. The molecule has 10 heteroatoms. The van der Waals surface area contributed by atoms with Crippen molar-refractivity contribution >= 4 is 32.3 Å². The van der Waals surface area contributed by atoms with Crippen molar-refractivity contribution < 1.29 is 13.3 Å². The lowest BCUT2D eigenvalue weighted by Crippen LogP contribution is -2.44. The number of fused-ring (bicyclic) bond motifs is 1. The summed E-state index contributed by atoms with van der Waals surface area (Å²) in [6, 6.07) is 4.57. The maximum absolute atomic E-state index is 14.1. The fraction of sp³-hybridized carbons (Fsp3) is 0.389. The Morgan fingerprint density at radius 2 is 2.14 bits per heavy atom. The van der Waals surface area contributed by atoms with Crippen LogP contribution in [-0.2, 0) is 14.5 Å². The minimum absolute atomic E-state index is 0.110. The maximum Gasteiger partial charge on any atom is 0.167 e. The molecule has 0 spiro atoms. The average molecular weight is 404 g/mol. The Morgan fingerprint density at radius 1 is 1.32 bits per heavy atom. The fourth-order valence-electron chi connectivity index (χ4n) is 3.23. The SMILES string of the molecule is C[C@@H]1COCCN1c1cc(N=S(C)(C)=O)nc(-c2cc(F)cc3[nH]ncc23)n1. The molecular formula is C18H21FN6O2S. The lowest BCUT2D eigenvalue weighted by atomic mass is 10.1. The molecule has 2 aromatic heterocycles. The summed E-state index contributed by atoms with van der Waals surface area (Å²) in [5, 5.41) is 7.46. The van der Waals surface area contributed by atoms with Crippen LogP contribution in [0.15, 0.2) is 28.8 Å². The number of aromatic nitrogens is 4. The van der Waals surface area contributed by atoms with E-state index in [0.717, 1.165) is 0 Å². The largest absolute Gasteiger partial charge is 0.377 e. The number of rotatable bonds is 3. The zero-order chi connectivity index (χ0) is 19.9. The Hall–Kier alpha value is -2.59. The molecule has 1 aliphatic heterocycles. The van der Waals surface area contributed by atoms with Gasteiger partial charge in [-0.2, -0.15) is 9.46 Å². The second kappa shape index (κ2) is 7.10. The molecule has 3 aromatic rings. The van der Waals surface area contributed by atoms with Gasteiger partial charge < -0.3 is 9.64 Å². The molecule has 0 amide bonds. The summed E-state index contributed by atoms with van der Waals surface area (Å²) in [6.45, 7) is 3.86. The minimum atomic E-state index is -2.43. The summed E-state index contributed by atoms with van der Waals surface area (Å²) in [5.41, 5.74) is 1.05. The molecule has 1 atom stereocenters. The lowest BCUT2D eigenvalue weighted by molar-refractivity contribution is 0.0985.